The monoisotopic (exact) mass is 418 g/mol. The molecule has 0 saturated heterocycles. The molecule has 0 amide bonds. The Morgan fingerprint density at radius 1 is 0.900 bits per heavy atom. The number of hydrogen-bond donors (Lipinski definition) is 0. The highest BCUT2D eigenvalue weighted by atomic mass is 32.2. The van der Waals surface area contributed by atoms with Gasteiger partial charge in [-0.1, -0.05) is 54.9 Å². The molecule has 0 radical (unpaired) electrons. The van der Waals surface area contributed by atoms with Crippen LogP contribution in [0, 0.1) is 5.92 Å². The molecule has 4 nitrogen and oxygen atoms in total. The third-order valence-corrected chi connectivity index (χ3v) is 7.80. The summed E-state index contributed by atoms with van der Waals surface area (Å²) in [5.74, 6) is 2.40. The van der Waals surface area contributed by atoms with Crippen LogP contribution in [0.25, 0.3) is 5.69 Å². The second-order valence-electron chi connectivity index (χ2n) is 8.85. The van der Waals surface area contributed by atoms with Crippen LogP contribution in [0.3, 0.4) is 0 Å². The lowest BCUT2D eigenvalue weighted by molar-refractivity contribution is 0.533. The number of aromatic nitrogens is 3. The third-order valence-electron chi connectivity index (χ3n) is 6.41. The van der Waals surface area contributed by atoms with E-state index in [-0.39, 0.29) is 0 Å². The number of nitrogens with zero attached hydrogens (tertiary/aromatic N) is 4. The summed E-state index contributed by atoms with van der Waals surface area (Å²) < 4.78 is 2.33. The lowest BCUT2D eigenvalue weighted by Gasteiger charge is -2.23. The molecule has 30 heavy (non-hydrogen) atoms. The number of benzene rings is 2. The van der Waals surface area contributed by atoms with Gasteiger partial charge in [0.25, 0.3) is 0 Å². The average Bonchev–Trinajstić information content (AvgIpc) is 3.31. The van der Waals surface area contributed by atoms with Gasteiger partial charge in [0.2, 0.25) is 0 Å². The minimum Gasteiger partial charge on any atom is -0.378 e. The maximum atomic E-state index is 4.71. The first-order valence-corrected chi connectivity index (χ1v) is 12.0. The maximum Gasteiger partial charge on any atom is 0.196 e. The SMILES string of the molecule is CN(C)c1ccc(-n2c(SC(c3ccccc3)C3CCCC3)nnc2C2CC2)cc1. The van der Waals surface area contributed by atoms with E-state index in [4.69, 9.17) is 5.10 Å². The van der Waals surface area contributed by atoms with Gasteiger partial charge in [-0.2, -0.15) is 0 Å². The zero-order valence-corrected chi connectivity index (χ0v) is 18.7. The number of hydrogen-bond acceptors (Lipinski definition) is 4. The second-order valence-corrected chi connectivity index (χ2v) is 9.96. The third kappa shape index (κ3) is 4.00. The van der Waals surface area contributed by atoms with Gasteiger partial charge in [-0.15, -0.1) is 10.2 Å². The first-order valence-electron chi connectivity index (χ1n) is 11.2. The minimum atomic E-state index is 0.435. The van der Waals surface area contributed by atoms with Gasteiger partial charge >= 0.3 is 0 Å². The zero-order valence-electron chi connectivity index (χ0n) is 17.9. The molecule has 5 rings (SSSR count). The van der Waals surface area contributed by atoms with Gasteiger partial charge in [-0.3, -0.25) is 4.57 Å². The van der Waals surface area contributed by atoms with Crippen molar-refractivity contribution in [1.82, 2.24) is 14.8 Å². The molecule has 1 unspecified atom stereocenters. The van der Waals surface area contributed by atoms with Crippen LogP contribution in [0.4, 0.5) is 5.69 Å². The molecule has 2 aliphatic carbocycles. The van der Waals surface area contributed by atoms with Crippen molar-refractivity contribution in [2.45, 2.75) is 54.8 Å². The van der Waals surface area contributed by atoms with Gasteiger partial charge in [0, 0.05) is 36.6 Å². The highest BCUT2D eigenvalue weighted by molar-refractivity contribution is 7.99. The van der Waals surface area contributed by atoms with Gasteiger partial charge in [0.15, 0.2) is 5.16 Å². The van der Waals surface area contributed by atoms with E-state index in [1.54, 1.807) is 0 Å². The molecular weight excluding hydrogens is 388 g/mol. The lowest BCUT2D eigenvalue weighted by Crippen LogP contribution is -2.10. The van der Waals surface area contributed by atoms with Crippen LogP contribution in [0.5, 0.6) is 0 Å². The first kappa shape index (κ1) is 19.7. The minimum absolute atomic E-state index is 0.435. The van der Waals surface area contributed by atoms with Gasteiger partial charge in [-0.05, 0) is 61.4 Å². The van der Waals surface area contributed by atoms with Crippen molar-refractivity contribution >= 4 is 17.4 Å². The van der Waals surface area contributed by atoms with E-state index in [0.29, 0.717) is 17.1 Å². The van der Waals surface area contributed by atoms with Crippen molar-refractivity contribution in [3.05, 3.63) is 66.0 Å². The van der Waals surface area contributed by atoms with Crippen molar-refractivity contribution in [1.29, 1.82) is 0 Å². The standard InChI is InChI=1S/C25H30N4S/c1-28(2)21-14-16-22(17-15-21)29-24(20-12-13-20)26-27-25(29)30-23(19-10-6-7-11-19)18-8-4-3-5-9-18/h3-5,8-9,14-17,19-20,23H,6-7,10-13H2,1-2H3. The summed E-state index contributed by atoms with van der Waals surface area (Å²) >= 11 is 1.92. The van der Waals surface area contributed by atoms with Crippen LogP contribution in [0.15, 0.2) is 59.8 Å². The van der Waals surface area contributed by atoms with Crippen LogP contribution in [0.2, 0.25) is 0 Å². The quantitative estimate of drug-likeness (QED) is 0.426. The van der Waals surface area contributed by atoms with E-state index in [2.05, 4.69) is 83.3 Å². The number of anilines is 1. The first-order chi connectivity index (χ1) is 14.7. The Kier molecular flexibility index (Phi) is 5.55. The van der Waals surface area contributed by atoms with Crippen molar-refractivity contribution in [2.75, 3.05) is 19.0 Å². The van der Waals surface area contributed by atoms with E-state index >= 15 is 0 Å². The van der Waals surface area contributed by atoms with Crippen LogP contribution in [-0.4, -0.2) is 28.9 Å². The Balaban J connectivity index is 1.52. The zero-order chi connectivity index (χ0) is 20.5. The van der Waals surface area contributed by atoms with E-state index in [1.807, 2.05) is 11.8 Å². The van der Waals surface area contributed by atoms with E-state index in [1.165, 1.54) is 55.5 Å². The fraction of sp³-hybridized carbons (Fsp3) is 0.440. The van der Waals surface area contributed by atoms with Gasteiger partial charge in [0.1, 0.15) is 5.82 Å². The van der Waals surface area contributed by atoms with Crippen LogP contribution >= 0.6 is 11.8 Å². The van der Waals surface area contributed by atoms with E-state index in [9.17, 15) is 0 Å². The van der Waals surface area contributed by atoms with Crippen molar-refractivity contribution < 1.29 is 0 Å². The molecular formula is C25H30N4S. The molecule has 3 aromatic rings. The summed E-state index contributed by atoms with van der Waals surface area (Å²) in [5.41, 5.74) is 3.80. The molecule has 0 aliphatic heterocycles. The molecule has 0 bridgehead atoms. The largest absolute Gasteiger partial charge is 0.378 e. The molecule has 1 atom stereocenters. The van der Waals surface area contributed by atoms with Crippen LogP contribution < -0.4 is 4.90 Å². The van der Waals surface area contributed by atoms with Gasteiger partial charge < -0.3 is 4.90 Å². The predicted octanol–water partition coefficient (Wildman–Crippen LogP) is 6.23. The normalized spacial score (nSPS) is 17.9. The molecule has 2 aliphatic rings. The van der Waals surface area contributed by atoms with Crippen LogP contribution in [0.1, 0.15) is 61.1 Å². The average molecular weight is 419 g/mol. The summed E-state index contributed by atoms with van der Waals surface area (Å²) in [7, 11) is 4.16. The number of thioether (sulfide) groups is 1. The van der Waals surface area contributed by atoms with Crippen LogP contribution in [-0.2, 0) is 0 Å². The van der Waals surface area contributed by atoms with E-state index in [0.717, 1.165) is 11.0 Å². The summed E-state index contributed by atoms with van der Waals surface area (Å²) in [6.07, 6.45) is 7.77. The fourth-order valence-corrected chi connectivity index (χ4v) is 5.94. The highest BCUT2D eigenvalue weighted by Crippen LogP contribution is 2.48. The summed E-state index contributed by atoms with van der Waals surface area (Å²) in [6, 6.07) is 19.8. The Labute approximate surface area is 183 Å². The predicted molar refractivity (Wildman–Crippen MR) is 125 cm³/mol. The Hall–Kier alpha value is -2.27. The fourth-order valence-electron chi connectivity index (χ4n) is 4.56. The summed E-state index contributed by atoms with van der Waals surface area (Å²) in [4.78, 5) is 2.14. The summed E-state index contributed by atoms with van der Waals surface area (Å²) in [5, 5.41) is 10.9. The van der Waals surface area contributed by atoms with E-state index < -0.39 is 0 Å². The molecule has 156 valence electrons. The molecule has 5 heteroatoms. The van der Waals surface area contributed by atoms with Crippen molar-refractivity contribution in [3.8, 4) is 5.69 Å². The molecule has 2 fully saturated rings. The number of rotatable bonds is 7. The molecule has 2 aromatic carbocycles. The highest BCUT2D eigenvalue weighted by Gasteiger charge is 2.33. The Morgan fingerprint density at radius 3 is 2.23 bits per heavy atom. The molecule has 1 aromatic heterocycles. The lowest BCUT2D eigenvalue weighted by atomic mass is 9.97. The Morgan fingerprint density at radius 2 is 1.60 bits per heavy atom. The smallest absolute Gasteiger partial charge is 0.196 e. The van der Waals surface area contributed by atoms with Gasteiger partial charge in [-0.25, -0.2) is 0 Å². The van der Waals surface area contributed by atoms with Gasteiger partial charge in [0.05, 0.1) is 0 Å². The topological polar surface area (TPSA) is 34.0 Å². The molecule has 1 heterocycles. The van der Waals surface area contributed by atoms with Crippen molar-refractivity contribution in [2.24, 2.45) is 5.92 Å². The molecule has 0 spiro atoms. The summed E-state index contributed by atoms with van der Waals surface area (Å²) in [6.45, 7) is 0. The maximum absolute atomic E-state index is 4.71. The van der Waals surface area contributed by atoms with Crippen molar-refractivity contribution in [3.63, 3.8) is 0 Å². The molecule has 0 N–H and O–H groups in total. The second kappa shape index (κ2) is 8.46. The molecule has 2 saturated carbocycles. The Bertz CT molecular complexity index is 970.